The number of amides is 2. The van der Waals surface area contributed by atoms with Crippen molar-refractivity contribution in [1.82, 2.24) is 4.90 Å². The first-order valence-corrected chi connectivity index (χ1v) is 10.3. The fraction of sp³-hybridized carbons (Fsp3) is 0.591. The number of carbonyl (C=O) groups excluding carboxylic acids is 3. The van der Waals surface area contributed by atoms with Gasteiger partial charge in [-0.3, -0.25) is 14.5 Å². The van der Waals surface area contributed by atoms with Crippen LogP contribution in [0.4, 0.5) is 0 Å². The van der Waals surface area contributed by atoms with E-state index in [-0.39, 0.29) is 24.4 Å². The smallest absolute Gasteiger partial charge is 0.332 e. The zero-order chi connectivity index (χ0) is 20.2. The van der Waals surface area contributed by atoms with Gasteiger partial charge in [0.1, 0.15) is 6.61 Å². The van der Waals surface area contributed by atoms with Gasteiger partial charge in [0, 0.05) is 13.2 Å². The Balaban J connectivity index is 1.45. The molecule has 0 bridgehead atoms. The van der Waals surface area contributed by atoms with Crippen LogP contribution in [0.3, 0.4) is 0 Å². The monoisotopic (exact) mass is 389 g/mol. The number of ether oxygens (including phenoxy) is 2. The molecule has 1 aliphatic rings. The van der Waals surface area contributed by atoms with E-state index >= 15 is 0 Å². The normalized spacial score (nSPS) is 13.1. The largest absolute Gasteiger partial charge is 0.464 e. The maximum absolute atomic E-state index is 12.3. The molecule has 6 nitrogen and oxygen atoms in total. The van der Waals surface area contributed by atoms with Gasteiger partial charge >= 0.3 is 5.97 Å². The molecule has 2 amide bonds. The van der Waals surface area contributed by atoms with Crippen LogP contribution in [0.25, 0.3) is 0 Å². The van der Waals surface area contributed by atoms with E-state index in [1.54, 1.807) is 24.3 Å². The van der Waals surface area contributed by atoms with E-state index in [9.17, 15) is 14.4 Å². The van der Waals surface area contributed by atoms with Crippen molar-refractivity contribution in [3.05, 3.63) is 35.4 Å². The number of rotatable bonds is 14. The second-order valence-electron chi connectivity index (χ2n) is 7.06. The van der Waals surface area contributed by atoms with Crippen LogP contribution < -0.4 is 0 Å². The van der Waals surface area contributed by atoms with Crippen molar-refractivity contribution in [2.75, 3.05) is 26.4 Å². The summed E-state index contributed by atoms with van der Waals surface area (Å²) in [5.41, 5.74) is 1.03. The van der Waals surface area contributed by atoms with Gasteiger partial charge in [0.15, 0.2) is 0 Å². The number of hydrogen-bond acceptors (Lipinski definition) is 5. The van der Waals surface area contributed by atoms with Crippen LogP contribution in [-0.4, -0.2) is 49.0 Å². The molecule has 154 valence electrons. The lowest BCUT2D eigenvalue weighted by atomic mass is 10.1. The van der Waals surface area contributed by atoms with E-state index in [1.165, 1.54) is 4.90 Å². The number of fused-ring (bicyclic) bond motifs is 1. The van der Waals surface area contributed by atoms with E-state index in [0.717, 1.165) is 51.4 Å². The van der Waals surface area contributed by atoms with Gasteiger partial charge in [-0.25, -0.2) is 4.79 Å². The van der Waals surface area contributed by atoms with Crippen LogP contribution in [0, 0.1) is 0 Å². The van der Waals surface area contributed by atoms with Crippen LogP contribution in [0.2, 0.25) is 0 Å². The molecule has 0 radical (unpaired) electrons. The lowest BCUT2D eigenvalue weighted by Gasteiger charge is -2.13. The number of unbranched alkanes of at least 4 members (excludes halogenated alkanes) is 6. The van der Waals surface area contributed by atoms with Gasteiger partial charge in [-0.2, -0.15) is 0 Å². The molecule has 1 aromatic rings. The predicted octanol–water partition coefficient (Wildman–Crippen LogP) is 3.98. The van der Waals surface area contributed by atoms with Crippen molar-refractivity contribution in [2.45, 2.75) is 58.3 Å². The minimum atomic E-state index is -0.290. The molecule has 1 heterocycles. The maximum Gasteiger partial charge on any atom is 0.332 e. The Bertz CT molecular complexity index is 623. The van der Waals surface area contributed by atoms with Crippen LogP contribution in [-0.2, 0) is 14.3 Å². The van der Waals surface area contributed by atoms with E-state index in [4.69, 9.17) is 9.47 Å². The van der Waals surface area contributed by atoms with Crippen LogP contribution in [0.5, 0.6) is 0 Å². The van der Waals surface area contributed by atoms with Crippen molar-refractivity contribution >= 4 is 17.8 Å². The molecular weight excluding hydrogens is 358 g/mol. The summed E-state index contributed by atoms with van der Waals surface area (Å²) in [5, 5.41) is 0. The Hall–Kier alpha value is -2.21. The SMILES string of the molecule is CCCCOC(=O)COCCCCCCCCN1C(=O)c2ccccc2C1=O. The van der Waals surface area contributed by atoms with Gasteiger partial charge in [0.25, 0.3) is 11.8 Å². The highest BCUT2D eigenvalue weighted by Crippen LogP contribution is 2.22. The minimum Gasteiger partial charge on any atom is -0.464 e. The lowest BCUT2D eigenvalue weighted by molar-refractivity contribution is -0.149. The van der Waals surface area contributed by atoms with E-state index in [1.807, 2.05) is 0 Å². The zero-order valence-corrected chi connectivity index (χ0v) is 16.8. The molecule has 0 aromatic heterocycles. The molecule has 0 atom stereocenters. The summed E-state index contributed by atoms with van der Waals surface area (Å²) in [6.07, 6.45) is 7.79. The first kappa shape index (κ1) is 22.1. The third-order valence-corrected chi connectivity index (χ3v) is 4.78. The van der Waals surface area contributed by atoms with Gasteiger partial charge in [-0.05, 0) is 31.4 Å². The zero-order valence-electron chi connectivity index (χ0n) is 16.8. The highest BCUT2D eigenvalue weighted by molar-refractivity contribution is 6.21. The van der Waals surface area contributed by atoms with Crippen molar-refractivity contribution in [3.63, 3.8) is 0 Å². The molecule has 28 heavy (non-hydrogen) atoms. The maximum atomic E-state index is 12.3. The quantitative estimate of drug-likeness (QED) is 0.273. The molecule has 2 rings (SSSR count). The third kappa shape index (κ3) is 6.75. The molecular formula is C22H31NO5. The highest BCUT2D eigenvalue weighted by atomic mass is 16.6. The summed E-state index contributed by atoms with van der Waals surface area (Å²) >= 11 is 0. The Labute approximate surface area is 167 Å². The van der Waals surface area contributed by atoms with E-state index in [2.05, 4.69) is 6.92 Å². The number of carbonyl (C=O) groups is 3. The Morgan fingerprint density at radius 2 is 1.46 bits per heavy atom. The molecule has 1 aliphatic heterocycles. The second-order valence-corrected chi connectivity index (χ2v) is 7.06. The lowest BCUT2D eigenvalue weighted by Crippen LogP contribution is -2.30. The topological polar surface area (TPSA) is 72.9 Å². The number of benzene rings is 1. The Morgan fingerprint density at radius 1 is 0.857 bits per heavy atom. The predicted molar refractivity (Wildman–Crippen MR) is 106 cm³/mol. The summed E-state index contributed by atoms with van der Waals surface area (Å²) in [6, 6.07) is 6.99. The molecule has 0 saturated heterocycles. The first-order valence-electron chi connectivity index (χ1n) is 10.3. The molecule has 0 spiro atoms. The molecule has 0 fully saturated rings. The van der Waals surface area contributed by atoms with Gasteiger partial charge in [-0.1, -0.05) is 51.2 Å². The van der Waals surface area contributed by atoms with E-state index in [0.29, 0.717) is 30.9 Å². The molecule has 6 heteroatoms. The van der Waals surface area contributed by atoms with Crippen LogP contribution in [0.15, 0.2) is 24.3 Å². The summed E-state index contributed by atoms with van der Waals surface area (Å²) in [7, 11) is 0. The summed E-state index contributed by atoms with van der Waals surface area (Å²) in [6.45, 7) is 3.60. The fourth-order valence-electron chi connectivity index (χ4n) is 3.15. The highest BCUT2D eigenvalue weighted by Gasteiger charge is 2.34. The summed E-state index contributed by atoms with van der Waals surface area (Å²) in [4.78, 5) is 37.2. The number of hydrogen-bond donors (Lipinski definition) is 0. The Kier molecular flexibility index (Phi) is 9.69. The molecule has 0 aliphatic carbocycles. The number of nitrogens with zero attached hydrogens (tertiary/aromatic N) is 1. The van der Waals surface area contributed by atoms with Gasteiger partial charge < -0.3 is 9.47 Å². The third-order valence-electron chi connectivity index (χ3n) is 4.78. The standard InChI is InChI=1S/C22H31NO5/c1-2-3-16-28-20(24)17-27-15-11-7-5-4-6-10-14-23-21(25)18-12-8-9-13-19(18)22(23)26/h8-9,12-13H,2-7,10-11,14-17H2,1H3. The van der Waals surface area contributed by atoms with Crippen molar-refractivity contribution in [1.29, 1.82) is 0 Å². The van der Waals surface area contributed by atoms with Gasteiger partial charge in [0.2, 0.25) is 0 Å². The first-order chi connectivity index (χ1) is 13.6. The van der Waals surface area contributed by atoms with E-state index < -0.39 is 0 Å². The minimum absolute atomic E-state index is 0.0317. The Morgan fingerprint density at radius 3 is 2.11 bits per heavy atom. The number of imide groups is 1. The van der Waals surface area contributed by atoms with Crippen molar-refractivity contribution in [2.24, 2.45) is 0 Å². The summed E-state index contributed by atoms with van der Waals surface area (Å²) < 4.78 is 10.3. The fourth-order valence-corrected chi connectivity index (χ4v) is 3.15. The average molecular weight is 389 g/mol. The van der Waals surface area contributed by atoms with Gasteiger partial charge in [-0.15, -0.1) is 0 Å². The average Bonchev–Trinajstić information content (AvgIpc) is 2.94. The van der Waals surface area contributed by atoms with Crippen molar-refractivity contribution in [3.8, 4) is 0 Å². The molecule has 1 aromatic carbocycles. The number of esters is 1. The van der Waals surface area contributed by atoms with Crippen LogP contribution in [0.1, 0.15) is 79.0 Å². The summed E-state index contributed by atoms with van der Waals surface area (Å²) in [5.74, 6) is -0.640. The second kappa shape index (κ2) is 12.3. The van der Waals surface area contributed by atoms with Crippen LogP contribution >= 0.6 is 0 Å². The van der Waals surface area contributed by atoms with Gasteiger partial charge in [0.05, 0.1) is 17.7 Å². The molecule has 0 unspecified atom stereocenters. The van der Waals surface area contributed by atoms with Crippen molar-refractivity contribution < 1.29 is 23.9 Å². The molecule has 0 saturated carbocycles. The molecule has 0 N–H and O–H groups in total.